The van der Waals surface area contributed by atoms with Crippen LogP contribution < -0.4 is 0 Å². The van der Waals surface area contributed by atoms with Crippen LogP contribution in [0.3, 0.4) is 0 Å². The Morgan fingerprint density at radius 1 is 1.15 bits per heavy atom. The average molecular weight is 388 g/mol. The number of aryl methyl sites for hydroxylation is 1. The van der Waals surface area contributed by atoms with Crippen molar-refractivity contribution >= 4 is 23.2 Å². The molecule has 7 nitrogen and oxygen atoms in total. The minimum atomic E-state index is 0.0165. The summed E-state index contributed by atoms with van der Waals surface area (Å²) in [6.45, 7) is 4.21. The van der Waals surface area contributed by atoms with Crippen LogP contribution >= 0.6 is 11.3 Å². The minimum Gasteiger partial charge on any atom is -0.337 e. The smallest absolute Gasteiger partial charge is 0.271 e. The van der Waals surface area contributed by atoms with Crippen LogP contribution in [-0.2, 0) is 0 Å². The van der Waals surface area contributed by atoms with E-state index in [9.17, 15) is 9.59 Å². The maximum Gasteiger partial charge on any atom is 0.271 e. The lowest BCUT2D eigenvalue weighted by molar-refractivity contribution is 0.0376. The summed E-state index contributed by atoms with van der Waals surface area (Å²) in [4.78, 5) is 34.6. The molecule has 4 rings (SSSR count). The molecule has 144 valence electrons. The molecule has 0 radical (unpaired) electrons. The van der Waals surface area contributed by atoms with Gasteiger partial charge < -0.3 is 9.80 Å². The number of hydrogen-bond donors (Lipinski definition) is 1. The quantitative estimate of drug-likeness (QED) is 0.878. The van der Waals surface area contributed by atoms with Gasteiger partial charge in [0.2, 0.25) is 0 Å². The van der Waals surface area contributed by atoms with Gasteiger partial charge >= 0.3 is 0 Å². The first kappa shape index (κ1) is 18.2. The molecule has 0 aromatic carbocycles. The lowest BCUT2D eigenvalue weighted by Gasteiger charge is -2.43. The second-order valence-electron chi connectivity index (χ2n) is 7.43. The van der Waals surface area contributed by atoms with Gasteiger partial charge in [-0.05, 0) is 51.0 Å². The van der Waals surface area contributed by atoms with Crippen LogP contribution in [0.15, 0.2) is 17.8 Å². The summed E-state index contributed by atoms with van der Waals surface area (Å²) >= 11 is 1.44. The van der Waals surface area contributed by atoms with Crippen molar-refractivity contribution in [3.05, 3.63) is 34.0 Å². The van der Waals surface area contributed by atoms with Crippen molar-refractivity contribution in [3.8, 4) is 0 Å². The maximum absolute atomic E-state index is 13.1. The molecule has 0 unspecified atom stereocenters. The summed E-state index contributed by atoms with van der Waals surface area (Å²) in [6.07, 6.45) is 6.78. The van der Waals surface area contributed by atoms with Gasteiger partial charge in [-0.3, -0.25) is 14.7 Å². The van der Waals surface area contributed by atoms with Gasteiger partial charge in [-0.2, -0.15) is 5.10 Å². The standard InChI is InChI=1S/C19H25N5O2S/c1-13-17(27-12-20-13)19(26)24-9-3-2-4-16(24)14-6-10-23(11-7-14)18(25)15-5-8-21-22-15/h5,8,12,14,16H,2-4,6-7,9-11H2,1H3,(H,21,22)/t16-/m0/s1. The second kappa shape index (κ2) is 7.80. The lowest BCUT2D eigenvalue weighted by Crippen LogP contribution is -2.51. The third-order valence-corrected chi connectivity index (χ3v) is 6.77. The fraction of sp³-hybridized carbons (Fsp3) is 0.579. The van der Waals surface area contributed by atoms with Gasteiger partial charge in [-0.25, -0.2) is 4.98 Å². The molecule has 8 heteroatoms. The number of thiazole rings is 1. The molecule has 2 fully saturated rings. The number of carbonyl (C=O) groups is 2. The van der Waals surface area contributed by atoms with Crippen LogP contribution in [0.4, 0.5) is 0 Å². The predicted molar refractivity (Wildman–Crippen MR) is 103 cm³/mol. The first-order valence-corrected chi connectivity index (χ1v) is 10.5. The Bertz CT molecular complexity index is 795. The summed E-state index contributed by atoms with van der Waals surface area (Å²) < 4.78 is 0. The molecule has 0 spiro atoms. The highest BCUT2D eigenvalue weighted by molar-refractivity contribution is 7.11. The molecule has 0 bridgehead atoms. The van der Waals surface area contributed by atoms with Gasteiger partial charge in [0, 0.05) is 31.9 Å². The van der Waals surface area contributed by atoms with Gasteiger partial charge in [0.1, 0.15) is 10.6 Å². The van der Waals surface area contributed by atoms with Crippen molar-refractivity contribution in [1.82, 2.24) is 25.0 Å². The highest BCUT2D eigenvalue weighted by Crippen LogP contribution is 2.32. The van der Waals surface area contributed by atoms with Crippen molar-refractivity contribution in [2.75, 3.05) is 19.6 Å². The molecule has 0 aliphatic carbocycles. The largest absolute Gasteiger partial charge is 0.337 e. The minimum absolute atomic E-state index is 0.0165. The summed E-state index contributed by atoms with van der Waals surface area (Å²) in [5.74, 6) is 0.603. The van der Waals surface area contributed by atoms with Crippen LogP contribution in [0.1, 0.15) is 58.0 Å². The molecule has 2 aromatic heterocycles. The number of likely N-dealkylation sites (tertiary alicyclic amines) is 2. The molecule has 4 heterocycles. The van der Waals surface area contributed by atoms with E-state index in [2.05, 4.69) is 20.1 Å². The number of H-pyrrole nitrogens is 1. The van der Waals surface area contributed by atoms with Crippen molar-refractivity contribution < 1.29 is 9.59 Å². The molecular formula is C19H25N5O2S. The Kier molecular flexibility index (Phi) is 5.24. The van der Waals surface area contributed by atoms with Crippen molar-refractivity contribution in [2.45, 2.75) is 45.1 Å². The van der Waals surface area contributed by atoms with Crippen molar-refractivity contribution in [2.24, 2.45) is 5.92 Å². The Hall–Kier alpha value is -2.22. The average Bonchev–Trinajstić information content (AvgIpc) is 3.39. The number of piperidine rings is 2. The number of nitrogens with zero attached hydrogens (tertiary/aromatic N) is 4. The number of nitrogens with one attached hydrogen (secondary N) is 1. The zero-order valence-electron chi connectivity index (χ0n) is 15.6. The van der Waals surface area contributed by atoms with Gasteiger partial charge in [0.05, 0.1) is 11.2 Å². The van der Waals surface area contributed by atoms with Gasteiger partial charge in [-0.1, -0.05) is 0 Å². The highest BCUT2D eigenvalue weighted by atomic mass is 32.1. The summed E-state index contributed by atoms with van der Waals surface area (Å²) in [5, 5.41) is 6.62. The normalized spacial score (nSPS) is 21.4. The Balaban J connectivity index is 1.42. The van der Waals surface area contributed by atoms with Gasteiger partial charge in [-0.15, -0.1) is 11.3 Å². The third-order valence-electron chi connectivity index (χ3n) is 5.85. The zero-order valence-corrected chi connectivity index (χ0v) is 16.4. The zero-order chi connectivity index (χ0) is 18.8. The summed E-state index contributed by atoms with van der Waals surface area (Å²) in [6, 6.07) is 1.99. The molecule has 2 amide bonds. The van der Waals surface area contributed by atoms with Crippen molar-refractivity contribution in [1.29, 1.82) is 0 Å². The SMILES string of the molecule is Cc1ncsc1C(=O)N1CCCC[C@H]1C1CCN(C(=O)c2ccn[nH]2)CC1. The predicted octanol–water partition coefficient (Wildman–Crippen LogP) is 2.72. The number of amides is 2. The molecule has 2 saturated heterocycles. The van der Waals surface area contributed by atoms with Crippen LogP contribution in [-0.4, -0.2) is 62.5 Å². The lowest BCUT2D eigenvalue weighted by atomic mass is 9.83. The summed E-state index contributed by atoms with van der Waals surface area (Å²) in [5.41, 5.74) is 3.12. The molecule has 1 N–H and O–H groups in total. The third kappa shape index (κ3) is 3.63. The van der Waals surface area contributed by atoms with E-state index in [4.69, 9.17) is 0 Å². The first-order valence-electron chi connectivity index (χ1n) is 9.65. The van der Waals surface area contributed by atoms with E-state index in [0.29, 0.717) is 11.6 Å². The molecule has 0 saturated carbocycles. The number of carbonyl (C=O) groups excluding carboxylic acids is 2. The first-order chi connectivity index (χ1) is 13.1. The topological polar surface area (TPSA) is 82.2 Å². The monoisotopic (exact) mass is 387 g/mol. The fourth-order valence-electron chi connectivity index (χ4n) is 4.37. The van der Waals surface area contributed by atoms with E-state index in [1.54, 1.807) is 17.8 Å². The van der Waals surface area contributed by atoms with Gasteiger partial charge in [0.15, 0.2) is 0 Å². The Labute approximate surface area is 162 Å². The van der Waals surface area contributed by atoms with E-state index < -0.39 is 0 Å². The van der Waals surface area contributed by atoms with E-state index in [1.807, 2.05) is 11.8 Å². The number of aromatic nitrogens is 3. The number of aromatic amines is 1. The van der Waals surface area contributed by atoms with Crippen molar-refractivity contribution in [3.63, 3.8) is 0 Å². The van der Waals surface area contributed by atoms with E-state index >= 15 is 0 Å². The highest BCUT2D eigenvalue weighted by Gasteiger charge is 2.36. The van der Waals surface area contributed by atoms with Crippen LogP contribution in [0, 0.1) is 12.8 Å². The van der Waals surface area contributed by atoms with Crippen LogP contribution in [0.5, 0.6) is 0 Å². The fourth-order valence-corrected chi connectivity index (χ4v) is 5.13. The number of rotatable bonds is 3. The summed E-state index contributed by atoms with van der Waals surface area (Å²) in [7, 11) is 0. The molecule has 2 aliphatic rings. The molecule has 2 aromatic rings. The molecule has 2 aliphatic heterocycles. The molecular weight excluding hydrogens is 362 g/mol. The van der Waals surface area contributed by atoms with E-state index in [0.717, 1.165) is 55.9 Å². The van der Waals surface area contributed by atoms with E-state index in [1.165, 1.54) is 17.8 Å². The Morgan fingerprint density at radius 2 is 1.96 bits per heavy atom. The van der Waals surface area contributed by atoms with E-state index in [-0.39, 0.29) is 17.9 Å². The van der Waals surface area contributed by atoms with Gasteiger partial charge in [0.25, 0.3) is 11.8 Å². The molecule has 1 atom stereocenters. The van der Waals surface area contributed by atoms with Crippen LogP contribution in [0.25, 0.3) is 0 Å². The second-order valence-corrected chi connectivity index (χ2v) is 8.28. The Morgan fingerprint density at radius 3 is 2.63 bits per heavy atom. The number of hydrogen-bond acceptors (Lipinski definition) is 5. The maximum atomic E-state index is 13.1. The van der Waals surface area contributed by atoms with Crippen LogP contribution in [0.2, 0.25) is 0 Å². The molecule has 27 heavy (non-hydrogen) atoms.